The van der Waals surface area contributed by atoms with Crippen LogP contribution >= 0.6 is 0 Å². The van der Waals surface area contributed by atoms with Crippen LogP contribution in [-0.2, 0) is 4.79 Å². The minimum atomic E-state index is -5.73. The molecule has 9 heteroatoms. The van der Waals surface area contributed by atoms with Crippen molar-refractivity contribution >= 4 is 17.4 Å². The number of ketones is 1. The van der Waals surface area contributed by atoms with Crippen LogP contribution < -0.4 is 5.32 Å². The number of rotatable bonds is 3. The number of alkyl halides is 6. The molecular formula is C12H9F6NO2. The van der Waals surface area contributed by atoms with Gasteiger partial charge in [-0.3, -0.25) is 9.59 Å². The Hall–Kier alpha value is -2.06. The summed E-state index contributed by atoms with van der Waals surface area (Å²) in [5.74, 6) is -6.64. The Morgan fingerprint density at radius 1 is 0.952 bits per heavy atom. The summed E-state index contributed by atoms with van der Waals surface area (Å²) in [6.07, 6.45) is -11.5. The van der Waals surface area contributed by atoms with Gasteiger partial charge in [-0.15, -0.1) is 0 Å². The second-order valence-corrected chi connectivity index (χ2v) is 4.14. The smallest absolute Gasteiger partial charge is 0.326 e. The van der Waals surface area contributed by atoms with Gasteiger partial charge in [-0.25, -0.2) is 0 Å². The molecule has 1 aromatic carbocycles. The van der Waals surface area contributed by atoms with E-state index in [2.05, 4.69) is 5.32 Å². The zero-order valence-electron chi connectivity index (χ0n) is 10.5. The molecule has 0 saturated heterocycles. The highest BCUT2D eigenvalue weighted by atomic mass is 19.4. The van der Waals surface area contributed by atoms with Crippen LogP contribution in [0.2, 0.25) is 0 Å². The number of benzene rings is 1. The fraction of sp³-hybridized carbons (Fsp3) is 0.333. The van der Waals surface area contributed by atoms with Crippen molar-refractivity contribution in [1.82, 2.24) is 0 Å². The lowest BCUT2D eigenvalue weighted by molar-refractivity contribution is -0.264. The molecule has 0 atom stereocenters. The van der Waals surface area contributed by atoms with E-state index in [1.54, 1.807) is 0 Å². The molecule has 1 rings (SSSR count). The third-order valence-electron chi connectivity index (χ3n) is 2.41. The van der Waals surface area contributed by atoms with E-state index in [4.69, 9.17) is 0 Å². The number of hydrogen-bond acceptors (Lipinski definition) is 2. The lowest BCUT2D eigenvalue weighted by Crippen LogP contribution is -2.42. The second kappa shape index (κ2) is 5.74. The summed E-state index contributed by atoms with van der Waals surface area (Å²) >= 11 is 0. The van der Waals surface area contributed by atoms with E-state index in [-0.39, 0.29) is 5.69 Å². The van der Waals surface area contributed by atoms with E-state index in [0.717, 1.165) is 24.3 Å². The van der Waals surface area contributed by atoms with Crippen molar-refractivity contribution in [3.05, 3.63) is 29.8 Å². The highest BCUT2D eigenvalue weighted by Gasteiger charge is 2.60. The first-order valence-electron chi connectivity index (χ1n) is 5.48. The summed E-state index contributed by atoms with van der Waals surface area (Å²) in [7, 11) is 0. The molecular weight excluding hydrogens is 304 g/mol. The first-order valence-corrected chi connectivity index (χ1v) is 5.48. The van der Waals surface area contributed by atoms with Crippen LogP contribution in [0.3, 0.4) is 0 Å². The summed E-state index contributed by atoms with van der Waals surface area (Å²) in [6, 6.07) is 3.66. The van der Waals surface area contributed by atoms with E-state index in [0.29, 0.717) is 0 Å². The number of nitrogens with one attached hydrogen (secondary N) is 1. The van der Waals surface area contributed by atoms with Gasteiger partial charge in [0.25, 0.3) is 0 Å². The SMILES string of the molecule is CC(=O)Nc1ccc(C(=O)C(C(F)(F)F)C(F)(F)F)cc1. The Morgan fingerprint density at radius 3 is 1.71 bits per heavy atom. The van der Waals surface area contributed by atoms with Crippen molar-refractivity contribution in [2.45, 2.75) is 19.3 Å². The summed E-state index contributed by atoms with van der Waals surface area (Å²) < 4.78 is 74.4. The zero-order chi connectivity index (χ0) is 16.4. The Labute approximate surface area is 114 Å². The molecule has 3 nitrogen and oxygen atoms in total. The molecule has 1 aromatic rings. The number of carbonyl (C=O) groups is 2. The average molecular weight is 313 g/mol. The minimum absolute atomic E-state index is 0.148. The van der Waals surface area contributed by atoms with Crippen LogP contribution in [0.4, 0.5) is 32.0 Å². The average Bonchev–Trinajstić information content (AvgIpc) is 2.24. The van der Waals surface area contributed by atoms with E-state index >= 15 is 0 Å². The van der Waals surface area contributed by atoms with Crippen LogP contribution in [0, 0.1) is 5.92 Å². The largest absolute Gasteiger partial charge is 0.407 e. The van der Waals surface area contributed by atoms with Crippen molar-refractivity contribution in [1.29, 1.82) is 0 Å². The molecule has 1 N–H and O–H groups in total. The molecule has 0 saturated carbocycles. The van der Waals surface area contributed by atoms with Gasteiger partial charge in [-0.05, 0) is 24.3 Å². The number of halogens is 6. The highest BCUT2D eigenvalue weighted by Crippen LogP contribution is 2.41. The van der Waals surface area contributed by atoms with E-state index < -0.39 is 35.5 Å². The minimum Gasteiger partial charge on any atom is -0.326 e. The monoisotopic (exact) mass is 313 g/mol. The van der Waals surface area contributed by atoms with Gasteiger partial charge in [0.1, 0.15) is 0 Å². The van der Waals surface area contributed by atoms with Crippen LogP contribution in [0.5, 0.6) is 0 Å². The molecule has 0 radical (unpaired) electrons. The molecule has 0 fully saturated rings. The molecule has 0 unspecified atom stereocenters. The van der Waals surface area contributed by atoms with Gasteiger partial charge in [-0.2, -0.15) is 26.3 Å². The van der Waals surface area contributed by atoms with Crippen LogP contribution in [0.1, 0.15) is 17.3 Å². The molecule has 0 bridgehead atoms. The van der Waals surface area contributed by atoms with Gasteiger partial charge in [0.2, 0.25) is 11.8 Å². The van der Waals surface area contributed by atoms with Gasteiger partial charge < -0.3 is 5.32 Å². The predicted molar refractivity (Wildman–Crippen MR) is 60.7 cm³/mol. The first kappa shape index (κ1) is 17.0. The van der Waals surface area contributed by atoms with Crippen LogP contribution in [-0.4, -0.2) is 24.0 Å². The molecule has 0 aliphatic heterocycles. The second-order valence-electron chi connectivity index (χ2n) is 4.14. The number of hydrogen-bond donors (Lipinski definition) is 1. The summed E-state index contributed by atoms with van der Waals surface area (Å²) in [5, 5.41) is 2.27. The predicted octanol–water partition coefficient (Wildman–Crippen LogP) is 3.57. The number of carbonyl (C=O) groups excluding carboxylic acids is 2. The normalized spacial score (nSPS) is 12.4. The van der Waals surface area contributed by atoms with Crippen molar-refractivity contribution in [3.63, 3.8) is 0 Å². The van der Waals surface area contributed by atoms with E-state index in [1.807, 2.05) is 0 Å². The number of Topliss-reactive ketones (excluding diaryl/α,β-unsaturated/α-hetero) is 1. The molecule has 1 amide bonds. The van der Waals surface area contributed by atoms with Crippen molar-refractivity contribution in [2.24, 2.45) is 5.92 Å². The Bertz CT molecular complexity index is 518. The zero-order valence-corrected chi connectivity index (χ0v) is 10.5. The topological polar surface area (TPSA) is 46.2 Å². The molecule has 116 valence electrons. The number of amides is 1. The summed E-state index contributed by atoms with van der Waals surface area (Å²) in [4.78, 5) is 22.2. The van der Waals surface area contributed by atoms with E-state index in [1.165, 1.54) is 6.92 Å². The summed E-state index contributed by atoms with van der Waals surface area (Å²) in [6.45, 7) is 1.17. The van der Waals surface area contributed by atoms with Crippen molar-refractivity contribution < 1.29 is 35.9 Å². The lowest BCUT2D eigenvalue weighted by atomic mass is 9.96. The van der Waals surface area contributed by atoms with Crippen molar-refractivity contribution in [3.8, 4) is 0 Å². The third-order valence-corrected chi connectivity index (χ3v) is 2.41. The Kier molecular flexibility index (Phi) is 4.65. The standard InChI is InChI=1S/C12H9F6NO2/c1-6(20)19-8-4-2-7(3-5-8)9(21)10(11(13,14)15)12(16,17)18/h2-5,10H,1H3,(H,19,20). The maximum absolute atomic E-state index is 12.4. The summed E-state index contributed by atoms with van der Waals surface area (Å²) in [5.41, 5.74) is -0.599. The fourth-order valence-corrected chi connectivity index (χ4v) is 1.57. The highest BCUT2D eigenvalue weighted by molar-refractivity contribution is 5.99. The fourth-order valence-electron chi connectivity index (χ4n) is 1.57. The van der Waals surface area contributed by atoms with Gasteiger partial charge >= 0.3 is 12.4 Å². The molecule has 0 aliphatic carbocycles. The molecule has 0 aliphatic rings. The van der Waals surface area contributed by atoms with Gasteiger partial charge in [-0.1, -0.05) is 0 Å². The maximum atomic E-state index is 12.4. The quantitative estimate of drug-likeness (QED) is 0.685. The lowest BCUT2D eigenvalue weighted by Gasteiger charge is -2.21. The molecule has 0 aromatic heterocycles. The maximum Gasteiger partial charge on any atom is 0.407 e. The van der Waals surface area contributed by atoms with Crippen LogP contribution in [0.15, 0.2) is 24.3 Å². The van der Waals surface area contributed by atoms with E-state index in [9.17, 15) is 35.9 Å². The molecule has 0 spiro atoms. The van der Waals surface area contributed by atoms with Crippen molar-refractivity contribution in [2.75, 3.05) is 5.32 Å². The first-order chi connectivity index (χ1) is 9.43. The Balaban J connectivity index is 3.08. The molecule has 21 heavy (non-hydrogen) atoms. The van der Waals surface area contributed by atoms with Crippen LogP contribution in [0.25, 0.3) is 0 Å². The molecule has 0 heterocycles. The Morgan fingerprint density at radius 2 is 1.38 bits per heavy atom. The van der Waals surface area contributed by atoms with Gasteiger partial charge in [0.05, 0.1) is 0 Å². The third kappa shape index (κ3) is 4.47. The van der Waals surface area contributed by atoms with Gasteiger partial charge in [0, 0.05) is 18.2 Å². The number of anilines is 1. The van der Waals surface area contributed by atoms with Gasteiger partial charge in [0.15, 0.2) is 5.78 Å².